The molecule has 1 amide bonds. The smallest absolute Gasteiger partial charge is 0.235 e. The molecule has 1 saturated carbocycles. The number of nitrogens with zero attached hydrogens (tertiary/aromatic N) is 2. The van der Waals surface area contributed by atoms with E-state index in [1.165, 1.54) is 19.3 Å². The first-order valence-electron chi connectivity index (χ1n) is 6.99. The van der Waals surface area contributed by atoms with Gasteiger partial charge in [0, 0.05) is 12.2 Å². The maximum absolute atomic E-state index is 12.5. The third-order valence-corrected chi connectivity index (χ3v) is 4.37. The van der Waals surface area contributed by atoms with Gasteiger partial charge in [0.05, 0.1) is 18.4 Å². The summed E-state index contributed by atoms with van der Waals surface area (Å²) in [5, 5.41) is 8.94. The monoisotopic (exact) mass is 254 g/mol. The van der Waals surface area contributed by atoms with Gasteiger partial charge < -0.3 is 4.90 Å². The van der Waals surface area contributed by atoms with E-state index in [2.05, 4.69) is 18.2 Å². The van der Waals surface area contributed by atoms with Gasteiger partial charge in [-0.3, -0.25) is 4.79 Å². The van der Waals surface area contributed by atoms with Crippen molar-refractivity contribution in [2.45, 2.75) is 38.5 Å². The molecule has 0 saturated heterocycles. The largest absolute Gasteiger partial charge is 0.311 e. The number of nitriles is 1. The number of hydrogen-bond acceptors (Lipinski definition) is 2. The van der Waals surface area contributed by atoms with Gasteiger partial charge in [0.2, 0.25) is 5.91 Å². The predicted molar refractivity (Wildman–Crippen MR) is 73.8 cm³/mol. The van der Waals surface area contributed by atoms with Crippen LogP contribution in [0.4, 0.5) is 5.69 Å². The lowest BCUT2D eigenvalue weighted by Crippen LogP contribution is -2.35. The van der Waals surface area contributed by atoms with E-state index in [-0.39, 0.29) is 18.2 Å². The highest BCUT2D eigenvalue weighted by Crippen LogP contribution is 2.41. The van der Waals surface area contributed by atoms with E-state index < -0.39 is 0 Å². The number of anilines is 1. The van der Waals surface area contributed by atoms with Gasteiger partial charge in [-0.25, -0.2) is 0 Å². The standard InChI is InChI=1S/C16H18N2O/c1-11-5-6-15-14(9-11)13(7-8-17)16(19)18(15)10-12-3-2-4-12/h5-6,9,12-13H,2-4,7,10H2,1H3. The summed E-state index contributed by atoms with van der Waals surface area (Å²) in [5.41, 5.74) is 3.23. The minimum absolute atomic E-state index is 0.119. The molecule has 0 aromatic heterocycles. The van der Waals surface area contributed by atoms with Crippen molar-refractivity contribution < 1.29 is 4.79 Å². The topological polar surface area (TPSA) is 44.1 Å². The van der Waals surface area contributed by atoms with Gasteiger partial charge in [-0.1, -0.05) is 24.1 Å². The number of carbonyl (C=O) groups is 1. The number of aryl methyl sites for hydroxylation is 1. The number of fused-ring (bicyclic) bond motifs is 1. The molecule has 1 unspecified atom stereocenters. The maximum Gasteiger partial charge on any atom is 0.235 e. The molecule has 1 aliphatic carbocycles. The molecule has 3 nitrogen and oxygen atoms in total. The Bertz CT molecular complexity index is 554. The highest BCUT2D eigenvalue weighted by Gasteiger charge is 2.38. The molecule has 3 rings (SSSR count). The maximum atomic E-state index is 12.5. The number of benzene rings is 1. The van der Waals surface area contributed by atoms with Crippen molar-refractivity contribution in [2.24, 2.45) is 5.92 Å². The first-order valence-corrected chi connectivity index (χ1v) is 6.99. The lowest BCUT2D eigenvalue weighted by atomic mass is 9.85. The lowest BCUT2D eigenvalue weighted by molar-refractivity contribution is -0.119. The molecule has 19 heavy (non-hydrogen) atoms. The van der Waals surface area contributed by atoms with Crippen LogP contribution in [0.25, 0.3) is 0 Å². The summed E-state index contributed by atoms with van der Waals surface area (Å²) < 4.78 is 0. The summed E-state index contributed by atoms with van der Waals surface area (Å²) in [6, 6.07) is 8.31. The highest BCUT2D eigenvalue weighted by molar-refractivity contribution is 6.05. The second-order valence-corrected chi connectivity index (χ2v) is 5.72. The van der Waals surface area contributed by atoms with Crippen LogP contribution in [0, 0.1) is 24.2 Å². The average molecular weight is 254 g/mol. The SMILES string of the molecule is Cc1ccc2c(c1)C(CC#N)C(=O)N2CC1CCC1. The Balaban J connectivity index is 1.94. The fourth-order valence-corrected chi connectivity index (χ4v) is 3.05. The first kappa shape index (κ1) is 12.2. The van der Waals surface area contributed by atoms with E-state index >= 15 is 0 Å². The highest BCUT2D eigenvalue weighted by atomic mass is 16.2. The van der Waals surface area contributed by atoms with E-state index in [9.17, 15) is 4.79 Å². The van der Waals surface area contributed by atoms with E-state index in [4.69, 9.17) is 5.26 Å². The molecule has 1 heterocycles. The van der Waals surface area contributed by atoms with Crippen LogP contribution in [0.15, 0.2) is 18.2 Å². The molecule has 0 bridgehead atoms. The number of rotatable bonds is 3. The van der Waals surface area contributed by atoms with Crippen molar-refractivity contribution in [3.63, 3.8) is 0 Å². The summed E-state index contributed by atoms with van der Waals surface area (Å²) in [5.74, 6) is 0.521. The molecule has 3 heteroatoms. The molecule has 0 spiro atoms. The van der Waals surface area contributed by atoms with E-state index in [0.717, 1.165) is 23.4 Å². The third-order valence-electron chi connectivity index (χ3n) is 4.37. The minimum Gasteiger partial charge on any atom is -0.311 e. The molecule has 0 N–H and O–H groups in total. The van der Waals surface area contributed by atoms with Gasteiger partial charge in [-0.2, -0.15) is 5.26 Å². The number of carbonyl (C=O) groups excluding carboxylic acids is 1. The lowest BCUT2D eigenvalue weighted by Gasteiger charge is -2.30. The Labute approximate surface area is 113 Å². The fourth-order valence-electron chi connectivity index (χ4n) is 3.05. The molecule has 1 aliphatic heterocycles. The van der Waals surface area contributed by atoms with Crippen LogP contribution in [0.2, 0.25) is 0 Å². The van der Waals surface area contributed by atoms with Gasteiger partial charge in [0.25, 0.3) is 0 Å². The van der Waals surface area contributed by atoms with Crippen molar-refractivity contribution in [2.75, 3.05) is 11.4 Å². The Hall–Kier alpha value is -1.82. The molecule has 0 radical (unpaired) electrons. The van der Waals surface area contributed by atoms with Gasteiger partial charge >= 0.3 is 0 Å². The summed E-state index contributed by atoms with van der Waals surface area (Å²) in [4.78, 5) is 14.4. The Morgan fingerprint density at radius 2 is 2.21 bits per heavy atom. The summed E-state index contributed by atoms with van der Waals surface area (Å²) in [6.45, 7) is 2.86. The van der Waals surface area contributed by atoms with Gasteiger partial charge in [-0.05, 0) is 37.3 Å². The summed E-state index contributed by atoms with van der Waals surface area (Å²) in [7, 11) is 0. The van der Waals surface area contributed by atoms with Gasteiger partial charge in [0.1, 0.15) is 0 Å². The first-order chi connectivity index (χ1) is 9.20. The minimum atomic E-state index is -0.250. The second-order valence-electron chi connectivity index (χ2n) is 5.72. The molecule has 1 atom stereocenters. The van der Waals surface area contributed by atoms with E-state index in [0.29, 0.717) is 5.92 Å². The van der Waals surface area contributed by atoms with Crippen LogP contribution in [-0.4, -0.2) is 12.5 Å². The average Bonchev–Trinajstić information content (AvgIpc) is 2.58. The van der Waals surface area contributed by atoms with Crippen molar-refractivity contribution >= 4 is 11.6 Å². The third kappa shape index (κ3) is 2.02. The van der Waals surface area contributed by atoms with Crippen molar-refractivity contribution in [3.05, 3.63) is 29.3 Å². The Morgan fingerprint density at radius 1 is 1.42 bits per heavy atom. The Morgan fingerprint density at radius 3 is 2.84 bits per heavy atom. The van der Waals surface area contributed by atoms with E-state index in [1.54, 1.807) is 0 Å². The van der Waals surface area contributed by atoms with Crippen molar-refractivity contribution in [1.29, 1.82) is 5.26 Å². The number of amides is 1. The van der Waals surface area contributed by atoms with Crippen LogP contribution < -0.4 is 4.90 Å². The predicted octanol–water partition coefficient (Wildman–Crippen LogP) is 3.14. The van der Waals surface area contributed by atoms with Crippen LogP contribution in [0.3, 0.4) is 0 Å². The zero-order valence-electron chi connectivity index (χ0n) is 11.2. The molecular formula is C16H18N2O. The van der Waals surface area contributed by atoms with Crippen molar-refractivity contribution in [1.82, 2.24) is 0 Å². The molecule has 98 valence electrons. The fraction of sp³-hybridized carbons (Fsp3) is 0.500. The number of hydrogen-bond donors (Lipinski definition) is 0. The van der Waals surface area contributed by atoms with Crippen LogP contribution in [0.1, 0.15) is 42.7 Å². The van der Waals surface area contributed by atoms with Gasteiger partial charge in [-0.15, -0.1) is 0 Å². The Kier molecular flexibility index (Phi) is 3.02. The van der Waals surface area contributed by atoms with E-state index in [1.807, 2.05) is 17.9 Å². The second kappa shape index (κ2) is 4.70. The molecular weight excluding hydrogens is 236 g/mol. The quantitative estimate of drug-likeness (QED) is 0.831. The molecule has 1 aromatic carbocycles. The molecule has 1 aromatic rings. The van der Waals surface area contributed by atoms with Crippen LogP contribution >= 0.6 is 0 Å². The van der Waals surface area contributed by atoms with Gasteiger partial charge in [0.15, 0.2) is 0 Å². The zero-order chi connectivity index (χ0) is 13.4. The summed E-state index contributed by atoms with van der Waals surface area (Å²) in [6.07, 6.45) is 4.04. The summed E-state index contributed by atoms with van der Waals surface area (Å²) >= 11 is 0. The molecule has 1 fully saturated rings. The van der Waals surface area contributed by atoms with Crippen molar-refractivity contribution in [3.8, 4) is 6.07 Å². The zero-order valence-corrected chi connectivity index (χ0v) is 11.2. The van der Waals surface area contributed by atoms with Crippen LogP contribution in [-0.2, 0) is 4.79 Å². The molecule has 2 aliphatic rings. The normalized spacial score (nSPS) is 22.0. The van der Waals surface area contributed by atoms with Crippen LogP contribution in [0.5, 0.6) is 0 Å².